The van der Waals surface area contributed by atoms with Crippen LogP contribution in [0.2, 0.25) is 0 Å². The van der Waals surface area contributed by atoms with Crippen molar-refractivity contribution in [2.24, 2.45) is 17.6 Å². The van der Waals surface area contributed by atoms with Crippen LogP contribution in [0.1, 0.15) is 13.3 Å². The molecule has 1 rings (SSSR count). The number of likely N-dealkylation sites (tertiary alicyclic amines) is 1. The van der Waals surface area contributed by atoms with E-state index in [-0.39, 0.29) is 11.8 Å². The number of carboxylic acid groups (broad SMARTS) is 1. The molecule has 0 spiro atoms. The molecule has 98 valence electrons. The second-order valence-corrected chi connectivity index (χ2v) is 4.52. The van der Waals surface area contributed by atoms with E-state index in [2.05, 4.69) is 0 Å². The summed E-state index contributed by atoms with van der Waals surface area (Å²) in [7, 11) is 1.56. The number of methoxy groups -OCH3 is 1. The fraction of sp³-hybridized carbons (Fsp3) is 0.818. The van der Waals surface area contributed by atoms with Gasteiger partial charge in [-0.05, 0) is 6.42 Å². The van der Waals surface area contributed by atoms with Crippen molar-refractivity contribution in [1.82, 2.24) is 4.90 Å². The first-order valence-electron chi connectivity index (χ1n) is 5.73. The van der Waals surface area contributed by atoms with Crippen molar-refractivity contribution < 1.29 is 19.4 Å². The van der Waals surface area contributed by atoms with Crippen LogP contribution in [0.4, 0.5) is 0 Å². The third-order valence-corrected chi connectivity index (χ3v) is 3.27. The second-order valence-electron chi connectivity index (χ2n) is 4.52. The van der Waals surface area contributed by atoms with Crippen LogP contribution in [0, 0.1) is 11.8 Å². The summed E-state index contributed by atoms with van der Waals surface area (Å²) in [4.78, 5) is 24.1. The summed E-state index contributed by atoms with van der Waals surface area (Å²) in [6, 6.07) is -0.545. The molecule has 0 aromatic carbocycles. The van der Waals surface area contributed by atoms with Gasteiger partial charge in [0.1, 0.15) is 0 Å². The maximum atomic E-state index is 11.8. The van der Waals surface area contributed by atoms with E-state index in [0.29, 0.717) is 26.1 Å². The lowest BCUT2D eigenvalue weighted by atomic mass is 9.86. The highest BCUT2D eigenvalue weighted by Crippen LogP contribution is 2.24. The molecule has 1 saturated heterocycles. The summed E-state index contributed by atoms with van der Waals surface area (Å²) in [5.41, 5.74) is 5.71. The first kappa shape index (κ1) is 13.9. The Bertz CT molecular complexity index is 289. The minimum Gasteiger partial charge on any atom is -0.481 e. The zero-order valence-corrected chi connectivity index (χ0v) is 10.3. The molecule has 2 unspecified atom stereocenters. The lowest BCUT2D eigenvalue weighted by Gasteiger charge is -2.42. The van der Waals surface area contributed by atoms with Gasteiger partial charge < -0.3 is 20.5 Å². The summed E-state index contributed by atoms with van der Waals surface area (Å²) in [5, 5.41) is 8.82. The summed E-state index contributed by atoms with van der Waals surface area (Å²) < 4.78 is 4.86. The van der Waals surface area contributed by atoms with Crippen LogP contribution in [0.25, 0.3) is 0 Å². The number of ether oxygens (including phenoxy) is 1. The SMILES string of the molecule is COCCC(N)C(=O)N1CC(C(C)C(=O)O)C1. The largest absolute Gasteiger partial charge is 0.481 e. The van der Waals surface area contributed by atoms with Gasteiger partial charge in [-0.25, -0.2) is 0 Å². The second kappa shape index (κ2) is 5.97. The Morgan fingerprint density at radius 2 is 2.12 bits per heavy atom. The molecule has 1 heterocycles. The van der Waals surface area contributed by atoms with Gasteiger partial charge in [-0.1, -0.05) is 6.92 Å². The number of carboxylic acids is 1. The van der Waals surface area contributed by atoms with Gasteiger partial charge in [-0.3, -0.25) is 9.59 Å². The normalized spacial score (nSPS) is 19.6. The van der Waals surface area contributed by atoms with Crippen molar-refractivity contribution in [2.45, 2.75) is 19.4 Å². The molecule has 0 radical (unpaired) electrons. The maximum Gasteiger partial charge on any atom is 0.306 e. The van der Waals surface area contributed by atoms with Gasteiger partial charge in [0.25, 0.3) is 0 Å². The van der Waals surface area contributed by atoms with E-state index < -0.39 is 17.9 Å². The lowest BCUT2D eigenvalue weighted by Crippen LogP contribution is -2.57. The van der Waals surface area contributed by atoms with Crippen molar-refractivity contribution in [1.29, 1.82) is 0 Å². The van der Waals surface area contributed by atoms with Gasteiger partial charge >= 0.3 is 5.97 Å². The zero-order chi connectivity index (χ0) is 13.0. The van der Waals surface area contributed by atoms with Gasteiger partial charge in [0.05, 0.1) is 12.0 Å². The molecule has 0 aromatic heterocycles. The molecule has 1 aliphatic heterocycles. The molecule has 17 heavy (non-hydrogen) atoms. The standard InChI is InChI=1S/C11H20N2O4/c1-7(11(15)16)8-5-13(6-8)10(14)9(12)3-4-17-2/h7-9H,3-6,12H2,1-2H3,(H,15,16). The van der Waals surface area contributed by atoms with Crippen LogP contribution in [0.15, 0.2) is 0 Å². The fourth-order valence-electron chi connectivity index (χ4n) is 1.81. The molecule has 1 fully saturated rings. The van der Waals surface area contributed by atoms with Crippen molar-refractivity contribution >= 4 is 11.9 Å². The minimum absolute atomic E-state index is 0.0473. The quantitative estimate of drug-likeness (QED) is 0.659. The number of amides is 1. The molecule has 2 atom stereocenters. The number of carbonyl (C=O) groups is 2. The summed E-state index contributed by atoms with van der Waals surface area (Å²) in [6.07, 6.45) is 0.491. The van der Waals surface area contributed by atoms with Crippen molar-refractivity contribution in [3.8, 4) is 0 Å². The van der Waals surface area contributed by atoms with E-state index in [4.69, 9.17) is 15.6 Å². The van der Waals surface area contributed by atoms with E-state index >= 15 is 0 Å². The topological polar surface area (TPSA) is 92.9 Å². The van der Waals surface area contributed by atoms with Crippen LogP contribution in [0.3, 0.4) is 0 Å². The van der Waals surface area contributed by atoms with E-state index in [9.17, 15) is 9.59 Å². The van der Waals surface area contributed by atoms with E-state index in [1.807, 2.05) is 0 Å². The average molecular weight is 244 g/mol. The fourth-order valence-corrected chi connectivity index (χ4v) is 1.81. The van der Waals surface area contributed by atoms with Gasteiger partial charge in [0.15, 0.2) is 0 Å². The molecule has 3 N–H and O–H groups in total. The summed E-state index contributed by atoms with van der Waals surface area (Å²) in [6.45, 7) is 3.11. The Labute approximate surface area is 101 Å². The average Bonchev–Trinajstić information content (AvgIpc) is 2.23. The van der Waals surface area contributed by atoms with Gasteiger partial charge in [-0.2, -0.15) is 0 Å². The number of hydrogen-bond acceptors (Lipinski definition) is 4. The first-order chi connectivity index (χ1) is 7.97. The van der Waals surface area contributed by atoms with Crippen molar-refractivity contribution in [3.63, 3.8) is 0 Å². The highest BCUT2D eigenvalue weighted by molar-refractivity contribution is 5.82. The molecule has 0 saturated carbocycles. The van der Waals surface area contributed by atoms with Crippen LogP contribution < -0.4 is 5.73 Å². The van der Waals surface area contributed by atoms with Gasteiger partial charge in [0.2, 0.25) is 5.91 Å². The number of nitrogens with zero attached hydrogens (tertiary/aromatic N) is 1. The molecule has 6 nitrogen and oxygen atoms in total. The number of rotatable bonds is 6. The Morgan fingerprint density at radius 3 is 2.59 bits per heavy atom. The molecular formula is C11H20N2O4. The van der Waals surface area contributed by atoms with Gasteiger partial charge in [0, 0.05) is 32.7 Å². The number of nitrogens with two attached hydrogens (primary N) is 1. The number of aliphatic carboxylic acids is 1. The van der Waals surface area contributed by atoms with Crippen molar-refractivity contribution in [2.75, 3.05) is 26.8 Å². The molecule has 0 aliphatic carbocycles. The Morgan fingerprint density at radius 1 is 1.53 bits per heavy atom. The molecule has 0 aromatic rings. The predicted octanol–water partition coefficient (Wildman–Crippen LogP) is -0.471. The minimum atomic E-state index is -0.814. The van der Waals surface area contributed by atoms with Gasteiger partial charge in [-0.15, -0.1) is 0 Å². The highest BCUT2D eigenvalue weighted by Gasteiger charge is 2.38. The smallest absolute Gasteiger partial charge is 0.306 e. The Hall–Kier alpha value is -1.14. The lowest BCUT2D eigenvalue weighted by molar-refractivity contribution is -0.151. The molecule has 6 heteroatoms. The van der Waals surface area contributed by atoms with Crippen LogP contribution >= 0.6 is 0 Å². The molecular weight excluding hydrogens is 224 g/mol. The van der Waals surface area contributed by atoms with Crippen LogP contribution in [-0.2, 0) is 14.3 Å². The van der Waals surface area contributed by atoms with E-state index in [0.717, 1.165) is 0 Å². The maximum absolute atomic E-state index is 11.8. The number of carbonyl (C=O) groups excluding carboxylic acids is 1. The van der Waals surface area contributed by atoms with Crippen molar-refractivity contribution in [3.05, 3.63) is 0 Å². The zero-order valence-electron chi connectivity index (χ0n) is 10.3. The highest BCUT2D eigenvalue weighted by atomic mass is 16.5. The summed E-state index contributed by atoms with van der Waals surface area (Å²) >= 11 is 0. The first-order valence-corrected chi connectivity index (χ1v) is 5.73. The third-order valence-electron chi connectivity index (χ3n) is 3.27. The summed E-state index contributed by atoms with van der Waals surface area (Å²) in [5.74, 6) is -1.29. The molecule has 0 bridgehead atoms. The third kappa shape index (κ3) is 3.41. The Kier molecular flexibility index (Phi) is 4.89. The van der Waals surface area contributed by atoms with E-state index in [1.54, 1.807) is 18.9 Å². The predicted molar refractivity (Wildman–Crippen MR) is 61.3 cm³/mol. The molecule has 1 amide bonds. The van der Waals surface area contributed by atoms with Crippen LogP contribution in [-0.4, -0.2) is 54.7 Å². The molecule has 1 aliphatic rings. The monoisotopic (exact) mass is 244 g/mol. The number of hydrogen-bond donors (Lipinski definition) is 2. The Balaban J connectivity index is 2.32. The van der Waals surface area contributed by atoms with Crippen LogP contribution in [0.5, 0.6) is 0 Å². The van der Waals surface area contributed by atoms with E-state index in [1.165, 1.54) is 0 Å².